The average Bonchev–Trinajstić information content (AvgIpc) is 2.92. The number of aliphatic carboxylic acids is 2. The highest BCUT2D eigenvalue weighted by Gasteiger charge is 2.39. The molecule has 1 aromatic rings. The molecule has 2 rings (SSSR count). The maximum atomic E-state index is 11.4. The van der Waals surface area contributed by atoms with E-state index in [4.69, 9.17) is 0 Å². The lowest BCUT2D eigenvalue weighted by Crippen LogP contribution is -2.35. The van der Waals surface area contributed by atoms with Gasteiger partial charge in [-0.3, -0.25) is 9.59 Å². The van der Waals surface area contributed by atoms with E-state index >= 15 is 0 Å². The molecule has 1 fully saturated rings. The first kappa shape index (κ1) is 34.2. The molecule has 0 spiro atoms. The van der Waals surface area contributed by atoms with Crippen LogP contribution in [0.5, 0.6) is 0 Å². The van der Waals surface area contributed by atoms with Crippen LogP contribution in [0.1, 0.15) is 155 Å². The monoisotopic (exact) mass is 530 g/mol. The molecule has 4 heteroatoms. The van der Waals surface area contributed by atoms with E-state index in [1.807, 2.05) is 18.2 Å². The fraction of sp³-hybridized carbons (Fsp3) is 0.765. The van der Waals surface area contributed by atoms with E-state index < -0.39 is 11.9 Å². The zero-order valence-electron chi connectivity index (χ0n) is 25.1. The lowest BCUT2D eigenvalue weighted by atomic mass is 9.62. The number of carboxylic acid groups (broad SMARTS) is 2. The molecule has 1 aliphatic carbocycles. The summed E-state index contributed by atoms with van der Waals surface area (Å²) in [5.74, 6) is -0.607. The minimum Gasteiger partial charge on any atom is -0.481 e. The highest BCUT2D eigenvalue weighted by molar-refractivity contribution is 5.69. The van der Waals surface area contributed by atoms with Crippen LogP contribution in [0.25, 0.3) is 0 Å². The Morgan fingerprint density at radius 3 is 1.55 bits per heavy atom. The van der Waals surface area contributed by atoms with Crippen LogP contribution in [0, 0.1) is 11.3 Å². The predicted octanol–water partition coefficient (Wildman–Crippen LogP) is 10.2. The molecule has 0 bridgehead atoms. The Hall–Kier alpha value is -1.84. The summed E-state index contributed by atoms with van der Waals surface area (Å²) in [5, 5.41) is 18.7. The largest absolute Gasteiger partial charge is 0.481 e. The van der Waals surface area contributed by atoms with Gasteiger partial charge in [0.15, 0.2) is 0 Å². The van der Waals surface area contributed by atoms with Crippen molar-refractivity contribution in [2.75, 3.05) is 0 Å². The van der Waals surface area contributed by atoms with E-state index in [1.165, 1.54) is 63.4 Å². The Kier molecular flexibility index (Phi) is 17.3. The van der Waals surface area contributed by atoms with Gasteiger partial charge in [-0.15, -0.1) is 0 Å². The zero-order chi connectivity index (χ0) is 28.3. The molecular weight excluding hydrogens is 472 g/mol. The average molecular weight is 531 g/mol. The highest BCUT2D eigenvalue weighted by Crippen LogP contribution is 2.48. The first-order chi connectivity index (χ1) is 18.3. The molecule has 2 N–H and O–H groups in total. The Bertz CT molecular complexity index is 735. The number of hydrogen-bond donors (Lipinski definition) is 2. The van der Waals surface area contributed by atoms with Crippen LogP contribution in [-0.2, 0) is 15.0 Å². The van der Waals surface area contributed by atoms with Gasteiger partial charge in [0.2, 0.25) is 0 Å². The van der Waals surface area contributed by atoms with Crippen LogP contribution in [0.15, 0.2) is 30.3 Å². The molecule has 1 saturated carbocycles. The number of rotatable bonds is 18. The summed E-state index contributed by atoms with van der Waals surface area (Å²) in [6.07, 6.45) is 20.5. The molecule has 0 radical (unpaired) electrons. The first-order valence-electron chi connectivity index (χ1n) is 15.8. The number of benzene rings is 1. The summed E-state index contributed by atoms with van der Waals surface area (Å²) in [6.45, 7) is 8.76. The Morgan fingerprint density at radius 2 is 1.13 bits per heavy atom. The van der Waals surface area contributed by atoms with Crippen molar-refractivity contribution in [1.82, 2.24) is 0 Å². The smallest absolute Gasteiger partial charge is 0.304 e. The summed E-state index contributed by atoms with van der Waals surface area (Å²) < 4.78 is 0. The van der Waals surface area contributed by atoms with Gasteiger partial charge >= 0.3 is 11.9 Å². The third-order valence-electron chi connectivity index (χ3n) is 8.92. The minimum atomic E-state index is -0.684. The highest BCUT2D eigenvalue weighted by atomic mass is 16.4. The normalized spacial score (nSPS) is 14.5. The third-order valence-corrected chi connectivity index (χ3v) is 8.92. The van der Waals surface area contributed by atoms with Gasteiger partial charge in [0.25, 0.3) is 0 Å². The fourth-order valence-corrected chi connectivity index (χ4v) is 6.73. The SMILES string of the molecule is CCCCC(CCCC)(CC(=O)O)C1CCCCC1.CCCCC(CCCC)(CC(=O)O)c1ccccc1. The lowest BCUT2D eigenvalue weighted by molar-refractivity contribution is -0.142. The van der Waals surface area contributed by atoms with Crippen molar-refractivity contribution >= 4 is 11.9 Å². The van der Waals surface area contributed by atoms with Gasteiger partial charge in [-0.05, 0) is 55.4 Å². The van der Waals surface area contributed by atoms with Gasteiger partial charge < -0.3 is 10.2 Å². The zero-order valence-corrected chi connectivity index (χ0v) is 25.1. The van der Waals surface area contributed by atoms with Crippen LogP contribution >= 0.6 is 0 Å². The van der Waals surface area contributed by atoms with Crippen molar-refractivity contribution in [2.45, 2.75) is 155 Å². The molecule has 1 aliphatic rings. The molecule has 0 saturated heterocycles. The van der Waals surface area contributed by atoms with Crippen LogP contribution in [0.3, 0.4) is 0 Å². The second-order valence-corrected chi connectivity index (χ2v) is 11.9. The fourth-order valence-electron chi connectivity index (χ4n) is 6.73. The van der Waals surface area contributed by atoms with Crippen LogP contribution in [0.2, 0.25) is 0 Å². The number of carbonyl (C=O) groups is 2. The topological polar surface area (TPSA) is 74.6 Å². The van der Waals surface area contributed by atoms with Crippen molar-refractivity contribution in [3.8, 4) is 0 Å². The lowest BCUT2D eigenvalue weighted by Gasteiger charge is -2.42. The van der Waals surface area contributed by atoms with E-state index in [2.05, 4.69) is 39.8 Å². The molecule has 0 atom stereocenters. The molecular formula is C34H58O4. The Balaban J connectivity index is 0.000000380. The molecule has 0 aliphatic heterocycles. The maximum absolute atomic E-state index is 11.4. The predicted molar refractivity (Wildman–Crippen MR) is 160 cm³/mol. The van der Waals surface area contributed by atoms with E-state index in [-0.39, 0.29) is 17.3 Å². The van der Waals surface area contributed by atoms with Gasteiger partial charge in [0.1, 0.15) is 0 Å². The van der Waals surface area contributed by atoms with Crippen molar-refractivity contribution in [2.24, 2.45) is 11.3 Å². The summed E-state index contributed by atoms with van der Waals surface area (Å²) in [6, 6.07) is 10.2. The standard InChI is InChI=1S/C17H32O2.C17H26O2/c2*1-3-5-12-17(13-6-4-2,14-16(18)19)15-10-8-7-9-11-15/h15H,3-14H2,1-2H3,(H,18,19);7-11H,3-6,12-14H2,1-2H3,(H,18,19). The van der Waals surface area contributed by atoms with Crippen molar-refractivity contribution in [3.05, 3.63) is 35.9 Å². The molecule has 1 aromatic carbocycles. The Morgan fingerprint density at radius 1 is 0.684 bits per heavy atom. The first-order valence-corrected chi connectivity index (χ1v) is 15.8. The van der Waals surface area contributed by atoms with E-state index in [9.17, 15) is 19.8 Å². The van der Waals surface area contributed by atoms with Gasteiger partial charge in [-0.25, -0.2) is 0 Å². The van der Waals surface area contributed by atoms with E-state index in [0.717, 1.165) is 51.4 Å². The molecule has 0 unspecified atom stereocenters. The second kappa shape index (κ2) is 19.3. The molecule has 4 nitrogen and oxygen atoms in total. The summed E-state index contributed by atoms with van der Waals surface area (Å²) in [7, 11) is 0. The number of carboxylic acids is 2. The van der Waals surface area contributed by atoms with Crippen LogP contribution < -0.4 is 0 Å². The van der Waals surface area contributed by atoms with Crippen molar-refractivity contribution < 1.29 is 19.8 Å². The summed E-state index contributed by atoms with van der Waals surface area (Å²) in [4.78, 5) is 22.7. The third kappa shape index (κ3) is 11.9. The summed E-state index contributed by atoms with van der Waals surface area (Å²) in [5.41, 5.74) is 1.11. The molecule has 218 valence electrons. The number of hydrogen-bond acceptors (Lipinski definition) is 2. The minimum absolute atomic E-state index is 0.0955. The molecule has 38 heavy (non-hydrogen) atoms. The van der Waals surface area contributed by atoms with E-state index in [1.54, 1.807) is 0 Å². The molecule has 0 heterocycles. The van der Waals surface area contributed by atoms with Gasteiger partial charge in [-0.2, -0.15) is 0 Å². The Labute approximate surface area is 234 Å². The van der Waals surface area contributed by atoms with Crippen molar-refractivity contribution in [1.29, 1.82) is 0 Å². The molecule has 0 aromatic heterocycles. The van der Waals surface area contributed by atoms with Gasteiger partial charge in [0.05, 0.1) is 12.8 Å². The van der Waals surface area contributed by atoms with Gasteiger partial charge in [-0.1, -0.05) is 129 Å². The second-order valence-electron chi connectivity index (χ2n) is 11.9. The molecule has 0 amide bonds. The summed E-state index contributed by atoms with van der Waals surface area (Å²) >= 11 is 0. The van der Waals surface area contributed by atoms with Crippen LogP contribution in [0.4, 0.5) is 0 Å². The maximum Gasteiger partial charge on any atom is 0.304 e. The number of unbranched alkanes of at least 4 members (excludes halogenated alkanes) is 4. The quantitative estimate of drug-likeness (QED) is 0.198. The van der Waals surface area contributed by atoms with Crippen molar-refractivity contribution in [3.63, 3.8) is 0 Å². The van der Waals surface area contributed by atoms with Gasteiger partial charge in [0, 0.05) is 5.41 Å². The van der Waals surface area contributed by atoms with Crippen LogP contribution in [-0.4, -0.2) is 22.2 Å². The van der Waals surface area contributed by atoms with E-state index in [0.29, 0.717) is 12.3 Å².